The number of ether oxygens (including phenoxy) is 1. The Kier molecular flexibility index (Phi) is 8.24. The Morgan fingerprint density at radius 3 is 2.70 bits per heavy atom. The van der Waals surface area contributed by atoms with Crippen LogP contribution in [0.3, 0.4) is 0 Å². The van der Waals surface area contributed by atoms with Gasteiger partial charge in [0.2, 0.25) is 0 Å². The van der Waals surface area contributed by atoms with Gasteiger partial charge in [-0.15, -0.1) is 0 Å². The van der Waals surface area contributed by atoms with Crippen molar-refractivity contribution in [1.82, 2.24) is 15.2 Å². The van der Waals surface area contributed by atoms with Crippen molar-refractivity contribution in [2.75, 3.05) is 45.9 Å². The van der Waals surface area contributed by atoms with Gasteiger partial charge in [0.05, 0.1) is 32.8 Å². The fourth-order valence-corrected chi connectivity index (χ4v) is 4.04. The highest BCUT2D eigenvalue weighted by Gasteiger charge is 2.18. The van der Waals surface area contributed by atoms with Gasteiger partial charge in [0.15, 0.2) is 5.11 Å². The number of fused-ring (bicyclic) bond motifs is 1. The Morgan fingerprint density at radius 1 is 1.23 bits per heavy atom. The molecule has 0 saturated carbocycles. The zero-order chi connectivity index (χ0) is 21.5. The number of aryl methyl sites for hydroxylation is 2. The molecule has 0 radical (unpaired) electrons. The first-order valence-electron chi connectivity index (χ1n) is 11.0. The molecular formula is C23H35N4O2S+. The van der Waals surface area contributed by atoms with E-state index >= 15 is 0 Å². The van der Waals surface area contributed by atoms with Crippen LogP contribution in [-0.4, -0.2) is 60.9 Å². The molecular weight excluding hydrogens is 396 g/mol. The maximum absolute atomic E-state index is 12.8. The summed E-state index contributed by atoms with van der Waals surface area (Å²) in [5.41, 5.74) is 4.01. The van der Waals surface area contributed by atoms with Gasteiger partial charge in [-0.2, -0.15) is 0 Å². The summed E-state index contributed by atoms with van der Waals surface area (Å²) < 4.78 is 5.47. The predicted molar refractivity (Wildman–Crippen MR) is 126 cm³/mol. The first-order chi connectivity index (χ1) is 14.5. The van der Waals surface area contributed by atoms with Crippen LogP contribution in [0, 0.1) is 13.8 Å². The SMILES string of the molecule is CCCCNC(=S)N(CC[NH+]1CCOCC1)Cc1cc2cc(C)c(C)cc2[nH]c1=O. The number of H-pyrrole nitrogens is 1. The van der Waals surface area contributed by atoms with E-state index in [9.17, 15) is 4.79 Å². The number of nitrogens with zero attached hydrogens (tertiary/aromatic N) is 1. The summed E-state index contributed by atoms with van der Waals surface area (Å²) in [4.78, 5) is 19.5. The fraction of sp³-hybridized carbons (Fsp3) is 0.565. The van der Waals surface area contributed by atoms with Crippen LogP contribution >= 0.6 is 12.2 Å². The first kappa shape index (κ1) is 22.7. The minimum atomic E-state index is -0.0363. The Hall–Kier alpha value is -1.96. The highest BCUT2D eigenvalue weighted by Crippen LogP contribution is 2.17. The Morgan fingerprint density at radius 2 is 1.97 bits per heavy atom. The quantitative estimate of drug-likeness (QED) is 0.437. The third-order valence-electron chi connectivity index (χ3n) is 5.93. The molecule has 0 spiro atoms. The third-order valence-corrected chi connectivity index (χ3v) is 6.33. The van der Waals surface area contributed by atoms with Gasteiger partial charge in [-0.05, 0) is 67.2 Å². The van der Waals surface area contributed by atoms with E-state index in [1.165, 1.54) is 16.0 Å². The smallest absolute Gasteiger partial charge is 0.253 e. The summed E-state index contributed by atoms with van der Waals surface area (Å²) in [5, 5.41) is 5.17. The van der Waals surface area contributed by atoms with Crippen LogP contribution < -0.4 is 15.8 Å². The molecule has 30 heavy (non-hydrogen) atoms. The lowest BCUT2D eigenvalue weighted by Crippen LogP contribution is -3.14. The van der Waals surface area contributed by atoms with Gasteiger partial charge in [0.1, 0.15) is 13.1 Å². The summed E-state index contributed by atoms with van der Waals surface area (Å²) in [6, 6.07) is 6.21. The van der Waals surface area contributed by atoms with Crippen molar-refractivity contribution >= 4 is 28.2 Å². The van der Waals surface area contributed by atoms with Crippen molar-refractivity contribution < 1.29 is 9.64 Å². The maximum atomic E-state index is 12.8. The number of aromatic nitrogens is 1. The normalized spacial score (nSPS) is 14.8. The van der Waals surface area contributed by atoms with Crippen LogP contribution in [0.2, 0.25) is 0 Å². The fourth-order valence-electron chi connectivity index (χ4n) is 3.78. The van der Waals surface area contributed by atoms with E-state index in [-0.39, 0.29) is 5.56 Å². The van der Waals surface area contributed by atoms with E-state index in [0.29, 0.717) is 6.54 Å². The average Bonchev–Trinajstić information content (AvgIpc) is 2.73. The van der Waals surface area contributed by atoms with Crippen LogP contribution in [0.25, 0.3) is 10.9 Å². The number of quaternary nitrogens is 1. The van der Waals surface area contributed by atoms with Gasteiger partial charge in [0.25, 0.3) is 5.56 Å². The zero-order valence-corrected chi connectivity index (χ0v) is 19.3. The molecule has 7 heteroatoms. The second-order valence-electron chi connectivity index (χ2n) is 8.27. The molecule has 0 unspecified atom stereocenters. The summed E-state index contributed by atoms with van der Waals surface area (Å²) in [7, 11) is 0. The third kappa shape index (κ3) is 6.03. The van der Waals surface area contributed by atoms with Gasteiger partial charge in [0, 0.05) is 17.6 Å². The van der Waals surface area contributed by atoms with Crippen molar-refractivity contribution in [2.45, 2.75) is 40.2 Å². The molecule has 6 nitrogen and oxygen atoms in total. The van der Waals surface area contributed by atoms with Crippen molar-refractivity contribution in [3.8, 4) is 0 Å². The number of unbranched alkanes of at least 4 members (excludes halogenated alkanes) is 1. The van der Waals surface area contributed by atoms with Gasteiger partial charge < -0.3 is 24.8 Å². The molecule has 0 amide bonds. The van der Waals surface area contributed by atoms with Crippen molar-refractivity contribution in [3.63, 3.8) is 0 Å². The Balaban J connectivity index is 1.77. The van der Waals surface area contributed by atoms with Crippen LogP contribution in [-0.2, 0) is 11.3 Å². The number of benzene rings is 1. The maximum Gasteiger partial charge on any atom is 0.253 e. The molecule has 1 saturated heterocycles. The number of morpholine rings is 1. The molecule has 3 rings (SSSR count). The van der Waals surface area contributed by atoms with Gasteiger partial charge in [-0.3, -0.25) is 4.79 Å². The number of pyridine rings is 1. The van der Waals surface area contributed by atoms with Gasteiger partial charge in [-0.1, -0.05) is 13.3 Å². The largest absolute Gasteiger partial charge is 0.370 e. The van der Waals surface area contributed by atoms with E-state index in [2.05, 4.69) is 42.0 Å². The lowest BCUT2D eigenvalue weighted by atomic mass is 10.0. The predicted octanol–water partition coefficient (Wildman–Crippen LogP) is 1.54. The lowest BCUT2D eigenvalue weighted by Gasteiger charge is -2.29. The highest BCUT2D eigenvalue weighted by molar-refractivity contribution is 7.80. The standard InChI is InChI=1S/C23H34N4O2S/c1-4-5-6-24-23(30)27(8-7-26-9-11-29-12-10-26)16-20-15-19-13-17(2)18(3)14-21(19)25-22(20)28/h13-15H,4-12,16H2,1-3H3,(H,24,30)(H,25,28)/p+1. The first-order valence-corrected chi connectivity index (χ1v) is 11.5. The molecule has 2 aromatic rings. The molecule has 1 aromatic carbocycles. The number of nitrogens with one attached hydrogen (secondary N) is 3. The summed E-state index contributed by atoms with van der Waals surface area (Å²) in [6.07, 6.45) is 2.20. The molecule has 1 aliphatic rings. The van der Waals surface area contributed by atoms with E-state index in [0.717, 1.165) is 80.4 Å². The van der Waals surface area contributed by atoms with Gasteiger partial charge in [-0.25, -0.2) is 0 Å². The molecule has 0 bridgehead atoms. The van der Waals surface area contributed by atoms with Crippen LogP contribution in [0.4, 0.5) is 0 Å². The molecule has 1 aliphatic heterocycles. The van der Waals surface area contributed by atoms with E-state index in [4.69, 9.17) is 17.0 Å². The Labute approximate surface area is 184 Å². The molecule has 1 fully saturated rings. The number of thiocarbonyl (C=S) groups is 1. The monoisotopic (exact) mass is 431 g/mol. The van der Waals surface area contributed by atoms with Crippen molar-refractivity contribution in [2.24, 2.45) is 0 Å². The highest BCUT2D eigenvalue weighted by atomic mass is 32.1. The van der Waals surface area contributed by atoms with Crippen LogP contribution in [0.5, 0.6) is 0 Å². The van der Waals surface area contributed by atoms with Gasteiger partial charge >= 0.3 is 0 Å². The number of hydrogen-bond acceptors (Lipinski definition) is 3. The zero-order valence-electron chi connectivity index (χ0n) is 18.5. The summed E-state index contributed by atoms with van der Waals surface area (Å²) in [6.45, 7) is 13.2. The number of aromatic amines is 1. The van der Waals surface area contributed by atoms with Crippen molar-refractivity contribution in [1.29, 1.82) is 0 Å². The number of rotatable bonds is 8. The summed E-state index contributed by atoms with van der Waals surface area (Å²) in [5.74, 6) is 0. The van der Waals surface area contributed by atoms with E-state index in [1.807, 2.05) is 12.1 Å². The Bertz CT molecular complexity index is 921. The van der Waals surface area contributed by atoms with Crippen LogP contribution in [0.15, 0.2) is 23.0 Å². The summed E-state index contributed by atoms with van der Waals surface area (Å²) >= 11 is 5.70. The minimum Gasteiger partial charge on any atom is -0.370 e. The second kappa shape index (κ2) is 10.9. The van der Waals surface area contributed by atoms with Crippen LogP contribution in [0.1, 0.15) is 36.5 Å². The minimum absolute atomic E-state index is 0.0363. The van der Waals surface area contributed by atoms with Crippen molar-refractivity contribution in [3.05, 3.63) is 45.2 Å². The molecule has 3 N–H and O–H groups in total. The lowest BCUT2D eigenvalue weighted by molar-refractivity contribution is -0.907. The molecule has 164 valence electrons. The molecule has 2 heterocycles. The average molecular weight is 432 g/mol. The second-order valence-corrected chi connectivity index (χ2v) is 8.65. The molecule has 1 aromatic heterocycles. The topological polar surface area (TPSA) is 61.8 Å². The molecule has 0 aliphatic carbocycles. The van der Waals surface area contributed by atoms with E-state index < -0.39 is 0 Å². The molecule has 0 atom stereocenters. The number of hydrogen-bond donors (Lipinski definition) is 3. The van der Waals surface area contributed by atoms with E-state index in [1.54, 1.807) is 0 Å².